The Bertz CT molecular complexity index is 1160. The lowest BCUT2D eigenvalue weighted by Gasteiger charge is -2.36. The average molecular weight is 448 g/mol. The molecule has 2 aromatic heterocycles. The van der Waals surface area contributed by atoms with Crippen LogP contribution in [0.25, 0.3) is 11.1 Å². The molecule has 3 heterocycles. The van der Waals surface area contributed by atoms with Crippen molar-refractivity contribution in [3.8, 4) is 11.1 Å². The summed E-state index contributed by atoms with van der Waals surface area (Å²) in [5.41, 5.74) is -1.17. The molecule has 0 radical (unpaired) electrons. The molecule has 0 saturated heterocycles. The second kappa shape index (κ2) is 7.70. The number of fused-ring (bicyclic) bond motifs is 1. The summed E-state index contributed by atoms with van der Waals surface area (Å²) >= 11 is 0. The van der Waals surface area contributed by atoms with Crippen molar-refractivity contribution in [3.05, 3.63) is 71.8 Å². The van der Waals surface area contributed by atoms with Crippen LogP contribution < -0.4 is 0 Å². The summed E-state index contributed by atoms with van der Waals surface area (Å²) in [7, 11) is 0. The third kappa shape index (κ3) is 3.75. The van der Waals surface area contributed by atoms with E-state index in [0.717, 1.165) is 0 Å². The van der Waals surface area contributed by atoms with Crippen molar-refractivity contribution < 1.29 is 27.5 Å². The van der Waals surface area contributed by atoms with Crippen molar-refractivity contribution in [2.75, 3.05) is 6.54 Å². The number of carbonyl (C=O) groups is 1. The quantitative estimate of drug-likeness (QED) is 0.614. The zero-order valence-electron chi connectivity index (χ0n) is 17.3. The standard InChI is InChI=1S/C22H20F4N4O2/c1-13-11-29(12-17-10-28-20(30(13)17)21(2,32)22(24,25)26)19(31)18-9-15(7-8-27-18)14-3-5-16(23)6-4-14/h3-10,13,32H,11-12H2,1-2H3/t13-,21?/m0/s1. The molecule has 32 heavy (non-hydrogen) atoms. The Kier molecular flexibility index (Phi) is 5.28. The smallest absolute Gasteiger partial charge is 0.374 e. The number of halogens is 4. The van der Waals surface area contributed by atoms with Gasteiger partial charge in [0.15, 0.2) is 5.82 Å². The number of nitrogens with zero attached hydrogens (tertiary/aromatic N) is 4. The normalized spacial score (nSPS) is 18.2. The highest BCUT2D eigenvalue weighted by Crippen LogP contribution is 2.40. The lowest BCUT2D eigenvalue weighted by molar-refractivity contribution is -0.263. The monoisotopic (exact) mass is 448 g/mol. The molecule has 1 amide bonds. The van der Waals surface area contributed by atoms with Crippen LogP contribution in [0.1, 0.15) is 41.9 Å². The van der Waals surface area contributed by atoms with E-state index >= 15 is 0 Å². The Morgan fingerprint density at radius 3 is 2.47 bits per heavy atom. The Hall–Kier alpha value is -3.27. The number of imidazole rings is 1. The predicted molar refractivity (Wildman–Crippen MR) is 107 cm³/mol. The Morgan fingerprint density at radius 1 is 1.12 bits per heavy atom. The average Bonchev–Trinajstić information content (AvgIpc) is 3.18. The Morgan fingerprint density at radius 2 is 1.81 bits per heavy atom. The van der Waals surface area contributed by atoms with Crippen LogP contribution in [-0.2, 0) is 12.1 Å². The van der Waals surface area contributed by atoms with Gasteiger partial charge in [-0.05, 0) is 49.2 Å². The maximum atomic E-state index is 13.3. The van der Waals surface area contributed by atoms with Gasteiger partial charge in [-0.2, -0.15) is 13.2 Å². The molecule has 1 aliphatic heterocycles. The molecule has 10 heteroatoms. The summed E-state index contributed by atoms with van der Waals surface area (Å²) < 4.78 is 54.5. The number of alkyl halides is 3. The maximum absolute atomic E-state index is 13.3. The van der Waals surface area contributed by atoms with Crippen LogP contribution in [-0.4, -0.2) is 43.2 Å². The molecule has 168 valence electrons. The molecule has 1 aromatic carbocycles. The summed E-state index contributed by atoms with van der Waals surface area (Å²) in [6.45, 7) is 2.46. The first kappa shape index (κ1) is 21.9. The molecule has 6 nitrogen and oxygen atoms in total. The molecule has 0 fully saturated rings. The first-order chi connectivity index (χ1) is 15.0. The zero-order chi connectivity index (χ0) is 23.3. The SMILES string of the molecule is C[C@H]1CN(C(=O)c2cc(-c3ccc(F)cc3)ccn2)Cc2cnc(C(C)(O)C(F)(F)F)n21. The van der Waals surface area contributed by atoms with Crippen LogP contribution >= 0.6 is 0 Å². The fraction of sp³-hybridized carbons (Fsp3) is 0.318. The van der Waals surface area contributed by atoms with Gasteiger partial charge in [0, 0.05) is 12.7 Å². The van der Waals surface area contributed by atoms with Crippen molar-refractivity contribution >= 4 is 5.91 Å². The lowest BCUT2D eigenvalue weighted by atomic mass is 10.0. The van der Waals surface area contributed by atoms with E-state index < -0.39 is 29.6 Å². The molecular formula is C22H20F4N4O2. The Labute approximate surface area is 181 Å². The van der Waals surface area contributed by atoms with Crippen LogP contribution in [0.3, 0.4) is 0 Å². The van der Waals surface area contributed by atoms with Gasteiger partial charge < -0.3 is 14.6 Å². The zero-order valence-corrected chi connectivity index (χ0v) is 17.3. The molecule has 3 aromatic rings. The first-order valence-corrected chi connectivity index (χ1v) is 9.86. The number of pyridine rings is 1. The molecule has 0 saturated carbocycles. The maximum Gasteiger partial charge on any atom is 0.424 e. The number of rotatable bonds is 3. The van der Waals surface area contributed by atoms with Gasteiger partial charge in [0.05, 0.1) is 24.5 Å². The predicted octanol–water partition coefficient (Wildman–Crippen LogP) is 4.07. The third-order valence-corrected chi connectivity index (χ3v) is 5.58. The highest BCUT2D eigenvalue weighted by atomic mass is 19.4. The lowest BCUT2D eigenvalue weighted by Crippen LogP contribution is -2.45. The van der Waals surface area contributed by atoms with E-state index in [4.69, 9.17) is 0 Å². The molecule has 1 N–H and O–H groups in total. The second-order valence-electron chi connectivity index (χ2n) is 7.98. The van der Waals surface area contributed by atoms with Crippen LogP contribution in [0.15, 0.2) is 48.8 Å². The summed E-state index contributed by atoms with van der Waals surface area (Å²) in [6, 6.07) is 8.56. The minimum absolute atomic E-state index is 0.0204. The van der Waals surface area contributed by atoms with E-state index in [1.807, 2.05) is 0 Å². The number of hydrogen-bond donors (Lipinski definition) is 1. The van der Waals surface area contributed by atoms with E-state index in [1.54, 1.807) is 31.2 Å². The van der Waals surface area contributed by atoms with Gasteiger partial charge in [-0.25, -0.2) is 9.37 Å². The van der Waals surface area contributed by atoms with E-state index in [-0.39, 0.29) is 24.6 Å². The van der Waals surface area contributed by atoms with Crippen molar-refractivity contribution in [1.29, 1.82) is 0 Å². The van der Waals surface area contributed by atoms with Gasteiger partial charge in [0.1, 0.15) is 11.5 Å². The summed E-state index contributed by atoms with van der Waals surface area (Å²) in [4.78, 5) is 22.5. The van der Waals surface area contributed by atoms with Gasteiger partial charge in [-0.1, -0.05) is 12.1 Å². The molecule has 1 aliphatic rings. The minimum Gasteiger partial charge on any atom is -0.374 e. The number of benzene rings is 1. The molecule has 0 bridgehead atoms. The van der Waals surface area contributed by atoms with Gasteiger partial charge in [0.25, 0.3) is 5.91 Å². The number of aromatic nitrogens is 3. The highest BCUT2D eigenvalue weighted by Gasteiger charge is 2.55. The number of aliphatic hydroxyl groups is 1. The van der Waals surface area contributed by atoms with Gasteiger partial charge in [-0.3, -0.25) is 9.78 Å². The number of hydrogen-bond acceptors (Lipinski definition) is 4. The van der Waals surface area contributed by atoms with E-state index in [1.165, 1.54) is 34.0 Å². The first-order valence-electron chi connectivity index (χ1n) is 9.86. The fourth-order valence-electron chi connectivity index (χ4n) is 3.84. The van der Waals surface area contributed by atoms with Gasteiger partial charge >= 0.3 is 6.18 Å². The largest absolute Gasteiger partial charge is 0.424 e. The molecule has 0 aliphatic carbocycles. The van der Waals surface area contributed by atoms with Crippen LogP contribution in [0.5, 0.6) is 0 Å². The molecule has 0 spiro atoms. The third-order valence-electron chi connectivity index (χ3n) is 5.58. The van der Waals surface area contributed by atoms with Crippen LogP contribution in [0.2, 0.25) is 0 Å². The topological polar surface area (TPSA) is 71.2 Å². The van der Waals surface area contributed by atoms with E-state index in [9.17, 15) is 27.5 Å². The fourth-order valence-corrected chi connectivity index (χ4v) is 3.84. The van der Waals surface area contributed by atoms with Crippen molar-refractivity contribution in [1.82, 2.24) is 19.4 Å². The molecule has 1 unspecified atom stereocenters. The summed E-state index contributed by atoms with van der Waals surface area (Å²) in [6.07, 6.45) is -2.18. The van der Waals surface area contributed by atoms with Gasteiger partial charge in [0.2, 0.25) is 5.60 Å². The van der Waals surface area contributed by atoms with Crippen molar-refractivity contribution in [3.63, 3.8) is 0 Å². The van der Waals surface area contributed by atoms with Crippen LogP contribution in [0.4, 0.5) is 17.6 Å². The summed E-state index contributed by atoms with van der Waals surface area (Å²) in [5.74, 6) is -1.27. The summed E-state index contributed by atoms with van der Waals surface area (Å²) in [5, 5.41) is 10.1. The van der Waals surface area contributed by atoms with Gasteiger partial charge in [-0.15, -0.1) is 0 Å². The second-order valence-corrected chi connectivity index (χ2v) is 7.98. The molecule has 4 rings (SSSR count). The molecule has 2 atom stereocenters. The van der Waals surface area contributed by atoms with Crippen molar-refractivity contribution in [2.24, 2.45) is 0 Å². The van der Waals surface area contributed by atoms with Crippen molar-refractivity contribution in [2.45, 2.75) is 38.2 Å². The number of amides is 1. The number of carbonyl (C=O) groups excluding carboxylic acids is 1. The minimum atomic E-state index is -4.90. The van der Waals surface area contributed by atoms with E-state index in [0.29, 0.717) is 23.7 Å². The highest BCUT2D eigenvalue weighted by molar-refractivity contribution is 5.93. The molecular weight excluding hydrogens is 428 g/mol. The van der Waals surface area contributed by atoms with E-state index in [2.05, 4.69) is 9.97 Å². The van der Waals surface area contributed by atoms with Crippen LogP contribution in [0, 0.1) is 5.82 Å². The Balaban J connectivity index is 1.61.